The minimum atomic E-state index is -0.707. The molecule has 1 aromatic heterocycles. The van der Waals surface area contributed by atoms with Gasteiger partial charge in [-0.1, -0.05) is 54.1 Å². The number of fused-ring (bicyclic) bond motifs is 1. The van der Waals surface area contributed by atoms with Crippen LogP contribution in [0.5, 0.6) is 5.88 Å². The molecule has 1 aliphatic heterocycles. The molecular formula is C26H30N4O3. The molecule has 4 rings (SSSR count). The number of hydrogen-bond acceptors (Lipinski definition) is 5. The third-order valence-corrected chi connectivity index (χ3v) is 5.58. The molecule has 0 saturated carbocycles. The van der Waals surface area contributed by atoms with Gasteiger partial charge in [-0.2, -0.15) is 0 Å². The Morgan fingerprint density at radius 1 is 1.21 bits per heavy atom. The number of benzene rings is 2. The Kier molecular flexibility index (Phi) is 6.33. The van der Waals surface area contributed by atoms with Crippen LogP contribution in [0.15, 0.2) is 61.1 Å². The maximum Gasteiger partial charge on any atom is 0.336 e. The van der Waals surface area contributed by atoms with Gasteiger partial charge in [-0.25, -0.2) is 4.73 Å². The highest BCUT2D eigenvalue weighted by Crippen LogP contribution is 2.33. The molecule has 0 saturated heterocycles. The van der Waals surface area contributed by atoms with Gasteiger partial charge < -0.3 is 15.3 Å². The van der Waals surface area contributed by atoms with Gasteiger partial charge in [0.1, 0.15) is 24.4 Å². The largest absolute Gasteiger partial charge is 0.711 e. The second-order valence-electron chi connectivity index (χ2n) is 9.48. The molecule has 3 aromatic rings. The monoisotopic (exact) mass is 446 g/mol. The molecule has 1 amide bonds. The van der Waals surface area contributed by atoms with Crippen LogP contribution in [0.25, 0.3) is 11.1 Å². The van der Waals surface area contributed by atoms with E-state index < -0.39 is 11.6 Å². The van der Waals surface area contributed by atoms with Crippen LogP contribution >= 0.6 is 0 Å². The predicted octanol–water partition coefficient (Wildman–Crippen LogP) is 3.54. The first-order valence-corrected chi connectivity index (χ1v) is 11.1. The van der Waals surface area contributed by atoms with Crippen LogP contribution < -0.4 is 14.8 Å². The van der Waals surface area contributed by atoms with Gasteiger partial charge in [-0.3, -0.25) is 9.69 Å². The normalized spacial score (nSPS) is 16.4. The van der Waals surface area contributed by atoms with E-state index in [1.165, 1.54) is 11.8 Å². The van der Waals surface area contributed by atoms with Crippen molar-refractivity contribution < 1.29 is 14.3 Å². The fourth-order valence-corrected chi connectivity index (χ4v) is 4.11. The smallest absolute Gasteiger partial charge is 0.336 e. The number of carbonyl (C=O) groups excluding carboxylic acids is 1. The van der Waals surface area contributed by atoms with E-state index in [9.17, 15) is 10.0 Å². The van der Waals surface area contributed by atoms with Crippen LogP contribution in [0.2, 0.25) is 0 Å². The van der Waals surface area contributed by atoms with Crippen LogP contribution in [-0.2, 0) is 11.3 Å². The van der Waals surface area contributed by atoms with Gasteiger partial charge in [0.15, 0.2) is 0 Å². The molecule has 0 spiro atoms. The van der Waals surface area contributed by atoms with Crippen LogP contribution in [0.4, 0.5) is 0 Å². The second-order valence-corrected chi connectivity index (χ2v) is 9.48. The van der Waals surface area contributed by atoms with E-state index in [0.717, 1.165) is 23.0 Å². The Hall–Kier alpha value is -3.45. The summed E-state index contributed by atoms with van der Waals surface area (Å²) in [5.74, 6) is 0.139. The molecule has 7 nitrogen and oxygen atoms in total. The van der Waals surface area contributed by atoms with Crippen LogP contribution in [-0.4, -0.2) is 34.5 Å². The first-order chi connectivity index (χ1) is 15.7. The average molecular weight is 447 g/mol. The molecule has 172 valence electrons. The molecule has 1 N–H and O–H groups in total. The zero-order valence-corrected chi connectivity index (χ0v) is 19.5. The molecule has 0 aliphatic carbocycles. The van der Waals surface area contributed by atoms with E-state index in [4.69, 9.17) is 4.74 Å². The quantitative estimate of drug-likeness (QED) is 0.490. The van der Waals surface area contributed by atoms with Crippen molar-refractivity contribution in [2.75, 3.05) is 13.2 Å². The Labute approximate surface area is 194 Å². The number of rotatable bonds is 4. The van der Waals surface area contributed by atoms with Crippen LogP contribution in [0.1, 0.15) is 43.5 Å². The van der Waals surface area contributed by atoms with Crippen molar-refractivity contribution in [2.24, 2.45) is 0 Å². The molecule has 1 atom stereocenters. The highest BCUT2D eigenvalue weighted by Gasteiger charge is 2.37. The average Bonchev–Trinajstić information content (AvgIpc) is 2.92. The van der Waals surface area contributed by atoms with E-state index in [2.05, 4.69) is 58.5 Å². The lowest BCUT2D eigenvalue weighted by molar-refractivity contribution is -0.609. The number of aromatic nitrogens is 2. The highest BCUT2D eigenvalue weighted by atomic mass is 16.5. The van der Waals surface area contributed by atoms with Gasteiger partial charge in [0, 0.05) is 18.6 Å². The lowest BCUT2D eigenvalue weighted by atomic mass is 9.97. The van der Waals surface area contributed by atoms with Crippen LogP contribution in [0, 0.1) is 12.1 Å². The number of carbonyl (C=O) groups is 1. The van der Waals surface area contributed by atoms with Crippen LogP contribution in [0.3, 0.4) is 0 Å². The summed E-state index contributed by atoms with van der Waals surface area (Å²) >= 11 is 0. The van der Waals surface area contributed by atoms with E-state index >= 15 is 0 Å². The van der Waals surface area contributed by atoms with Gasteiger partial charge in [-0.05, 0) is 49.4 Å². The maximum absolute atomic E-state index is 13.5. The Morgan fingerprint density at radius 2 is 1.94 bits per heavy atom. The zero-order chi connectivity index (χ0) is 23.6. The van der Waals surface area contributed by atoms with E-state index in [0.29, 0.717) is 35.9 Å². The highest BCUT2D eigenvalue weighted by molar-refractivity contribution is 5.84. The van der Waals surface area contributed by atoms with E-state index in [1.54, 1.807) is 0 Å². The van der Waals surface area contributed by atoms with Gasteiger partial charge in [0.25, 0.3) is 6.33 Å². The molecule has 7 heteroatoms. The molecule has 2 heterocycles. The fraction of sp³-hybridized carbons (Fsp3) is 0.346. The topological polar surface area (TPSA) is 81.4 Å². The number of ether oxygens (including phenoxy) is 1. The molecule has 1 aliphatic rings. The summed E-state index contributed by atoms with van der Waals surface area (Å²) in [6.45, 7) is 9.28. The summed E-state index contributed by atoms with van der Waals surface area (Å²) < 4.78 is 6.44. The summed E-state index contributed by atoms with van der Waals surface area (Å²) in [5, 5.41) is 15.2. The lowest BCUT2D eigenvalue weighted by Gasteiger charge is -2.31. The molecule has 2 aromatic carbocycles. The van der Waals surface area contributed by atoms with E-state index in [-0.39, 0.29) is 5.91 Å². The summed E-state index contributed by atoms with van der Waals surface area (Å²) in [5.41, 5.74) is 4.58. The van der Waals surface area contributed by atoms with Gasteiger partial charge in [-0.15, -0.1) is 0 Å². The van der Waals surface area contributed by atoms with Crippen molar-refractivity contribution in [3.8, 4) is 17.0 Å². The van der Waals surface area contributed by atoms with E-state index in [1.807, 2.05) is 32.9 Å². The van der Waals surface area contributed by atoms with Gasteiger partial charge in [0.05, 0.1) is 0 Å². The molecule has 0 fully saturated rings. The van der Waals surface area contributed by atoms with Crippen molar-refractivity contribution in [3.63, 3.8) is 0 Å². The lowest BCUT2D eigenvalue weighted by Crippen LogP contribution is -2.48. The number of nitrogens with one attached hydrogen (secondary N) is 1. The third-order valence-electron chi connectivity index (χ3n) is 5.58. The third kappa shape index (κ3) is 5.31. The number of hydrogen-bond donors (Lipinski definition) is 1. The fourth-order valence-electron chi connectivity index (χ4n) is 4.11. The number of aryl methyl sites for hydroxylation is 1. The zero-order valence-electron chi connectivity index (χ0n) is 19.5. The molecule has 0 bridgehead atoms. The Morgan fingerprint density at radius 3 is 2.67 bits per heavy atom. The second kappa shape index (κ2) is 9.19. The Balaban J connectivity index is 1.74. The van der Waals surface area contributed by atoms with Crippen molar-refractivity contribution in [3.05, 3.63) is 83.0 Å². The predicted molar refractivity (Wildman–Crippen MR) is 126 cm³/mol. The minimum absolute atomic E-state index is 0.185. The first kappa shape index (κ1) is 22.7. The first-order valence-electron chi connectivity index (χ1n) is 11.1. The summed E-state index contributed by atoms with van der Waals surface area (Å²) in [6, 6.07) is 15.9. The van der Waals surface area contributed by atoms with Crippen molar-refractivity contribution in [1.29, 1.82) is 0 Å². The molecular weight excluding hydrogens is 416 g/mol. The number of nitrogens with zero attached hydrogens (tertiary/aromatic N) is 3. The molecule has 0 radical (unpaired) electrons. The molecule has 33 heavy (non-hydrogen) atoms. The minimum Gasteiger partial charge on any atom is -0.711 e. The number of amides is 1. The summed E-state index contributed by atoms with van der Waals surface area (Å²) in [7, 11) is 0. The SMILES string of the molecule is Cc1ccc(-c2ccccc2CN2CCOc3nc[n+]([O-])cc3C2C(=O)NC(C)(C)C)cc1. The summed E-state index contributed by atoms with van der Waals surface area (Å²) in [6.07, 6.45) is 2.54. The standard InChI is InChI=1S/C26H30N4O3/c1-18-9-11-19(12-10-18)21-8-6-5-7-20(21)15-29-13-14-33-25-22(16-30(32)17-27-25)23(29)24(31)28-26(2,3)4/h5-12,16-17,23H,13-15H2,1-4H3,(H,28,31). The van der Waals surface area contributed by atoms with Gasteiger partial charge in [0.2, 0.25) is 5.91 Å². The van der Waals surface area contributed by atoms with Crippen molar-refractivity contribution in [1.82, 2.24) is 15.2 Å². The van der Waals surface area contributed by atoms with Gasteiger partial charge >= 0.3 is 5.88 Å². The Bertz CT molecular complexity index is 1140. The van der Waals surface area contributed by atoms with Crippen molar-refractivity contribution >= 4 is 5.91 Å². The summed E-state index contributed by atoms with van der Waals surface area (Å²) in [4.78, 5) is 19.7. The maximum atomic E-state index is 13.5. The molecule has 1 unspecified atom stereocenters. The van der Waals surface area contributed by atoms with Crippen molar-refractivity contribution in [2.45, 2.75) is 45.8 Å².